The molecule has 0 saturated carbocycles. The molecule has 2 aromatic rings. The maximum Gasteiger partial charge on any atom is 0.338 e. The lowest BCUT2D eigenvalue weighted by molar-refractivity contribution is -0.139. The number of benzene rings is 2. The largest absolute Gasteiger partial charge is 0.463 e. The molecule has 3 N–H and O–H groups in total. The van der Waals surface area contributed by atoms with E-state index in [1.54, 1.807) is 62.2 Å². The molecule has 9 nitrogen and oxygen atoms in total. The van der Waals surface area contributed by atoms with Crippen molar-refractivity contribution < 1.29 is 23.9 Å². The Hall–Kier alpha value is -3.92. The van der Waals surface area contributed by atoms with Crippen LogP contribution in [0.5, 0.6) is 0 Å². The van der Waals surface area contributed by atoms with Gasteiger partial charge in [-0.25, -0.2) is 14.4 Å². The molecular weight excluding hydrogens is 468 g/mol. The number of rotatable bonds is 7. The first-order valence-electron chi connectivity index (χ1n) is 11.1. The first-order valence-corrected chi connectivity index (χ1v) is 11.5. The van der Waals surface area contributed by atoms with E-state index in [-0.39, 0.29) is 6.61 Å². The zero-order valence-electron chi connectivity index (χ0n) is 20.0. The highest BCUT2D eigenvalue weighted by molar-refractivity contribution is 7.80. The molecule has 0 fully saturated rings. The molecule has 1 heterocycles. The first kappa shape index (κ1) is 25.7. The summed E-state index contributed by atoms with van der Waals surface area (Å²) < 4.78 is 10.2. The Morgan fingerprint density at radius 1 is 0.914 bits per heavy atom. The molecule has 0 saturated heterocycles. The molecule has 0 radical (unpaired) electrons. The molecule has 0 bridgehead atoms. The van der Waals surface area contributed by atoms with Crippen LogP contribution in [0.4, 0.5) is 16.2 Å². The molecule has 10 heteroatoms. The number of hydrogen-bond donors (Lipinski definition) is 3. The monoisotopic (exact) mass is 496 g/mol. The number of nitrogens with zero attached hydrogens (tertiary/aromatic N) is 1. The molecule has 184 valence electrons. The Kier molecular flexibility index (Phi) is 8.43. The quantitative estimate of drug-likeness (QED) is 0.387. The van der Waals surface area contributed by atoms with E-state index in [0.717, 1.165) is 5.56 Å². The Balaban J connectivity index is 1.69. The van der Waals surface area contributed by atoms with Crippen molar-refractivity contribution >= 4 is 46.7 Å². The van der Waals surface area contributed by atoms with Gasteiger partial charge in [-0.05, 0) is 75.0 Å². The van der Waals surface area contributed by atoms with Gasteiger partial charge in [-0.1, -0.05) is 12.1 Å². The van der Waals surface area contributed by atoms with Crippen molar-refractivity contribution in [3.8, 4) is 0 Å². The van der Waals surface area contributed by atoms with E-state index in [2.05, 4.69) is 16.0 Å². The maximum absolute atomic E-state index is 12.6. The SMILES string of the molecule is CCOC(=O)C1=C(C)N(C)C(=S)NC1c1ccc(NC(=O)Nc2ccc(C(=O)OCC)cc2)cc1. The fourth-order valence-corrected chi connectivity index (χ4v) is 3.77. The van der Waals surface area contributed by atoms with Gasteiger partial charge in [-0.2, -0.15) is 0 Å². The van der Waals surface area contributed by atoms with Gasteiger partial charge >= 0.3 is 18.0 Å². The highest BCUT2D eigenvalue weighted by Crippen LogP contribution is 2.31. The normalized spacial score (nSPS) is 15.3. The predicted molar refractivity (Wildman–Crippen MR) is 137 cm³/mol. The van der Waals surface area contributed by atoms with Gasteiger partial charge in [0.15, 0.2) is 5.11 Å². The second-order valence-electron chi connectivity index (χ2n) is 7.66. The van der Waals surface area contributed by atoms with Crippen LogP contribution in [-0.4, -0.2) is 48.2 Å². The summed E-state index contributed by atoms with van der Waals surface area (Å²) in [6.45, 7) is 5.88. The molecule has 1 aliphatic rings. The molecule has 1 unspecified atom stereocenters. The average Bonchev–Trinajstić information content (AvgIpc) is 2.83. The van der Waals surface area contributed by atoms with E-state index in [9.17, 15) is 14.4 Å². The zero-order chi connectivity index (χ0) is 25.5. The fourth-order valence-electron chi connectivity index (χ4n) is 3.52. The number of allylic oxidation sites excluding steroid dienone is 1. The summed E-state index contributed by atoms with van der Waals surface area (Å²) in [4.78, 5) is 38.5. The standard InChI is InChI=1S/C25H28N4O5S/c1-5-33-22(30)17-9-13-19(14-10-17)27-24(32)26-18-11-7-16(8-12-18)21-20(23(31)34-6-2)15(3)29(4)25(35)28-21/h7-14,21H,5-6H2,1-4H3,(H,28,35)(H2,26,27,32). The average molecular weight is 497 g/mol. The summed E-state index contributed by atoms with van der Waals surface area (Å²) in [5.74, 6) is -0.827. The van der Waals surface area contributed by atoms with Crippen LogP contribution in [0, 0.1) is 0 Å². The number of carbonyl (C=O) groups is 3. The summed E-state index contributed by atoms with van der Waals surface area (Å²) in [6, 6.07) is 12.6. The molecule has 3 rings (SSSR count). The molecule has 0 aliphatic carbocycles. The van der Waals surface area contributed by atoms with Gasteiger partial charge in [-0.15, -0.1) is 0 Å². The van der Waals surface area contributed by atoms with Crippen LogP contribution in [0.15, 0.2) is 59.8 Å². The van der Waals surface area contributed by atoms with Gasteiger partial charge in [-0.3, -0.25) is 0 Å². The number of urea groups is 1. The van der Waals surface area contributed by atoms with E-state index >= 15 is 0 Å². The van der Waals surface area contributed by atoms with E-state index in [0.29, 0.717) is 39.9 Å². The van der Waals surface area contributed by atoms with Gasteiger partial charge in [0.1, 0.15) is 0 Å². The second kappa shape index (κ2) is 11.5. The molecule has 35 heavy (non-hydrogen) atoms. The summed E-state index contributed by atoms with van der Waals surface area (Å²) in [6.07, 6.45) is 0. The molecule has 2 amide bonds. The number of hydrogen-bond acceptors (Lipinski definition) is 6. The number of esters is 2. The van der Waals surface area contributed by atoms with Crippen LogP contribution in [-0.2, 0) is 14.3 Å². The van der Waals surface area contributed by atoms with Crippen molar-refractivity contribution in [2.45, 2.75) is 26.8 Å². The van der Waals surface area contributed by atoms with E-state index in [4.69, 9.17) is 21.7 Å². The maximum atomic E-state index is 12.6. The van der Waals surface area contributed by atoms with Crippen LogP contribution < -0.4 is 16.0 Å². The van der Waals surface area contributed by atoms with Crippen LogP contribution in [0.25, 0.3) is 0 Å². The summed E-state index contributed by atoms with van der Waals surface area (Å²) in [5.41, 5.74) is 3.48. The Bertz CT molecular complexity index is 1150. The third-order valence-electron chi connectivity index (χ3n) is 5.41. The van der Waals surface area contributed by atoms with Gasteiger partial charge in [0.05, 0.1) is 30.4 Å². The van der Waals surface area contributed by atoms with Gasteiger partial charge in [0.2, 0.25) is 0 Å². The lowest BCUT2D eigenvalue weighted by atomic mass is 9.95. The van der Waals surface area contributed by atoms with Crippen molar-refractivity contribution in [3.63, 3.8) is 0 Å². The van der Waals surface area contributed by atoms with Crippen LogP contribution in [0.2, 0.25) is 0 Å². The minimum absolute atomic E-state index is 0.264. The molecular formula is C25H28N4O5S. The van der Waals surface area contributed by atoms with E-state index in [1.807, 2.05) is 19.1 Å². The Labute approximate surface area is 209 Å². The zero-order valence-corrected chi connectivity index (χ0v) is 20.8. The third kappa shape index (κ3) is 6.15. The number of ether oxygens (including phenoxy) is 2. The van der Waals surface area contributed by atoms with Crippen molar-refractivity contribution in [2.24, 2.45) is 0 Å². The topological polar surface area (TPSA) is 109 Å². The number of nitrogens with one attached hydrogen (secondary N) is 3. The number of thiocarbonyl (C=S) groups is 1. The van der Waals surface area contributed by atoms with Gasteiger partial charge < -0.3 is 30.3 Å². The van der Waals surface area contributed by atoms with Gasteiger partial charge in [0.25, 0.3) is 0 Å². The minimum atomic E-state index is -0.474. The highest BCUT2D eigenvalue weighted by atomic mass is 32.1. The van der Waals surface area contributed by atoms with Crippen LogP contribution in [0.1, 0.15) is 42.7 Å². The van der Waals surface area contributed by atoms with Crippen molar-refractivity contribution in [1.29, 1.82) is 0 Å². The van der Waals surface area contributed by atoms with Crippen molar-refractivity contribution in [3.05, 3.63) is 70.9 Å². The lowest BCUT2D eigenvalue weighted by Crippen LogP contribution is -2.46. The molecule has 0 spiro atoms. The predicted octanol–water partition coefficient (Wildman–Crippen LogP) is 4.21. The van der Waals surface area contributed by atoms with Crippen LogP contribution >= 0.6 is 12.2 Å². The Morgan fingerprint density at radius 3 is 1.97 bits per heavy atom. The molecule has 2 aromatic carbocycles. The minimum Gasteiger partial charge on any atom is -0.463 e. The summed E-state index contributed by atoms with van der Waals surface area (Å²) >= 11 is 5.40. The van der Waals surface area contributed by atoms with Crippen LogP contribution in [0.3, 0.4) is 0 Å². The third-order valence-corrected chi connectivity index (χ3v) is 5.80. The van der Waals surface area contributed by atoms with Gasteiger partial charge in [0, 0.05) is 24.1 Å². The Morgan fingerprint density at radius 2 is 1.43 bits per heavy atom. The van der Waals surface area contributed by atoms with E-state index in [1.165, 1.54) is 0 Å². The molecule has 1 aliphatic heterocycles. The first-order chi connectivity index (χ1) is 16.7. The number of amides is 2. The number of carbonyl (C=O) groups excluding carboxylic acids is 3. The van der Waals surface area contributed by atoms with E-state index < -0.39 is 24.0 Å². The summed E-state index contributed by atoms with van der Waals surface area (Å²) in [7, 11) is 1.79. The molecule has 1 atom stereocenters. The van der Waals surface area contributed by atoms with Crippen molar-refractivity contribution in [2.75, 3.05) is 30.9 Å². The lowest BCUT2D eigenvalue weighted by Gasteiger charge is -2.35. The number of anilines is 2. The summed E-state index contributed by atoms with van der Waals surface area (Å²) in [5, 5.41) is 9.15. The molecule has 0 aromatic heterocycles. The fraction of sp³-hybridized carbons (Fsp3) is 0.280. The highest BCUT2D eigenvalue weighted by Gasteiger charge is 2.33. The second-order valence-corrected chi connectivity index (χ2v) is 8.05. The smallest absolute Gasteiger partial charge is 0.338 e. The van der Waals surface area contributed by atoms with Crippen molar-refractivity contribution in [1.82, 2.24) is 10.2 Å².